The molecule has 0 saturated heterocycles. The van der Waals surface area contributed by atoms with Gasteiger partial charge in [0.25, 0.3) is 0 Å². The summed E-state index contributed by atoms with van der Waals surface area (Å²) in [6, 6.07) is 8.32. The molecular formula is C14H20N2O3S. The zero-order chi connectivity index (χ0) is 14.8. The van der Waals surface area contributed by atoms with Gasteiger partial charge in [-0.25, -0.2) is 9.59 Å². The highest BCUT2D eigenvalue weighted by atomic mass is 32.2. The van der Waals surface area contributed by atoms with Crippen LogP contribution in [0.5, 0.6) is 0 Å². The molecular weight excluding hydrogens is 276 g/mol. The Morgan fingerprint density at radius 1 is 1.30 bits per heavy atom. The summed E-state index contributed by atoms with van der Waals surface area (Å²) in [6.07, 6.45) is 2.93. The van der Waals surface area contributed by atoms with E-state index < -0.39 is 18.0 Å². The van der Waals surface area contributed by atoms with Crippen LogP contribution in [0.4, 0.5) is 4.79 Å². The van der Waals surface area contributed by atoms with Gasteiger partial charge in [0.2, 0.25) is 0 Å². The number of hydrogen-bond acceptors (Lipinski definition) is 3. The van der Waals surface area contributed by atoms with Crippen molar-refractivity contribution >= 4 is 23.8 Å². The Kier molecular flexibility index (Phi) is 7.57. The lowest BCUT2D eigenvalue weighted by Crippen LogP contribution is -2.46. The van der Waals surface area contributed by atoms with Gasteiger partial charge in [-0.3, -0.25) is 0 Å². The largest absolute Gasteiger partial charge is 0.480 e. The van der Waals surface area contributed by atoms with Crippen LogP contribution >= 0.6 is 11.8 Å². The Balaban J connectivity index is 2.40. The second-order valence-corrected chi connectivity index (χ2v) is 5.29. The van der Waals surface area contributed by atoms with Crippen molar-refractivity contribution in [2.45, 2.75) is 18.9 Å². The van der Waals surface area contributed by atoms with Gasteiger partial charge >= 0.3 is 12.0 Å². The number of benzene rings is 1. The van der Waals surface area contributed by atoms with Crippen molar-refractivity contribution in [1.29, 1.82) is 0 Å². The molecule has 1 unspecified atom stereocenters. The van der Waals surface area contributed by atoms with Gasteiger partial charge in [0, 0.05) is 12.3 Å². The van der Waals surface area contributed by atoms with Crippen LogP contribution in [0.3, 0.4) is 0 Å². The Morgan fingerprint density at radius 3 is 2.60 bits per heavy atom. The number of carboxylic acids is 1. The monoisotopic (exact) mass is 296 g/mol. The van der Waals surface area contributed by atoms with Gasteiger partial charge in [0.1, 0.15) is 6.04 Å². The van der Waals surface area contributed by atoms with E-state index in [-0.39, 0.29) is 0 Å². The molecule has 1 aromatic carbocycles. The van der Waals surface area contributed by atoms with Gasteiger partial charge in [-0.05, 0) is 24.7 Å². The number of amides is 2. The van der Waals surface area contributed by atoms with Gasteiger partial charge in [-0.15, -0.1) is 0 Å². The van der Waals surface area contributed by atoms with Crippen LogP contribution in [0.15, 0.2) is 30.3 Å². The molecule has 1 aromatic rings. The third kappa shape index (κ3) is 6.47. The summed E-state index contributed by atoms with van der Waals surface area (Å²) in [5.41, 5.74) is 1.06. The number of carbonyl (C=O) groups excluding carboxylic acids is 1. The van der Waals surface area contributed by atoms with Crippen LogP contribution in [-0.4, -0.2) is 41.7 Å². The predicted octanol–water partition coefficient (Wildman–Crippen LogP) is 1.73. The van der Waals surface area contributed by atoms with Crippen molar-refractivity contribution < 1.29 is 14.7 Å². The summed E-state index contributed by atoms with van der Waals surface area (Å²) in [4.78, 5) is 22.7. The van der Waals surface area contributed by atoms with Crippen LogP contribution in [0.1, 0.15) is 12.0 Å². The molecule has 5 nitrogen and oxygen atoms in total. The normalized spacial score (nSPS) is 11.7. The molecule has 0 aliphatic carbocycles. The van der Waals surface area contributed by atoms with Gasteiger partial charge < -0.3 is 15.7 Å². The number of aliphatic carboxylic acids is 1. The van der Waals surface area contributed by atoms with Crippen LogP contribution in [-0.2, 0) is 11.2 Å². The summed E-state index contributed by atoms with van der Waals surface area (Å²) in [5.74, 6) is -0.212. The molecule has 0 heterocycles. The van der Waals surface area contributed by atoms with E-state index in [1.807, 2.05) is 36.6 Å². The third-order valence-electron chi connectivity index (χ3n) is 2.76. The van der Waals surface area contributed by atoms with Crippen molar-refractivity contribution in [2.24, 2.45) is 0 Å². The molecule has 0 aliphatic rings. The van der Waals surface area contributed by atoms with E-state index in [0.29, 0.717) is 19.4 Å². The maximum absolute atomic E-state index is 11.5. The van der Waals surface area contributed by atoms with Crippen LogP contribution in [0.2, 0.25) is 0 Å². The van der Waals surface area contributed by atoms with Crippen molar-refractivity contribution in [3.05, 3.63) is 35.9 Å². The number of urea groups is 1. The average Bonchev–Trinajstić information content (AvgIpc) is 2.44. The molecule has 0 bridgehead atoms. The minimum Gasteiger partial charge on any atom is -0.480 e. The van der Waals surface area contributed by atoms with Crippen molar-refractivity contribution in [3.8, 4) is 0 Å². The fourth-order valence-electron chi connectivity index (χ4n) is 1.69. The van der Waals surface area contributed by atoms with Crippen LogP contribution < -0.4 is 10.6 Å². The quantitative estimate of drug-likeness (QED) is 0.638. The van der Waals surface area contributed by atoms with Gasteiger partial charge in [-0.2, -0.15) is 11.8 Å². The zero-order valence-corrected chi connectivity index (χ0v) is 12.3. The van der Waals surface area contributed by atoms with Gasteiger partial charge in [0.05, 0.1) is 0 Å². The van der Waals surface area contributed by atoms with E-state index in [4.69, 9.17) is 5.11 Å². The summed E-state index contributed by atoms with van der Waals surface area (Å²) in [6.45, 7) is 0.526. The fourth-order valence-corrected chi connectivity index (χ4v) is 2.00. The molecule has 0 aliphatic heterocycles. The molecule has 0 saturated carbocycles. The van der Waals surface area contributed by atoms with E-state index >= 15 is 0 Å². The van der Waals surface area contributed by atoms with Crippen molar-refractivity contribution in [2.75, 3.05) is 18.6 Å². The maximum Gasteiger partial charge on any atom is 0.326 e. The predicted molar refractivity (Wildman–Crippen MR) is 81.1 cm³/mol. The summed E-state index contributed by atoms with van der Waals surface area (Å²) in [7, 11) is 0. The molecule has 3 N–H and O–H groups in total. The second-order valence-electron chi connectivity index (χ2n) is 4.31. The number of thioether (sulfide) groups is 1. The highest BCUT2D eigenvalue weighted by Crippen LogP contribution is 2.05. The van der Waals surface area contributed by atoms with E-state index in [0.717, 1.165) is 11.3 Å². The fraction of sp³-hybridized carbons (Fsp3) is 0.429. The lowest BCUT2D eigenvalue weighted by molar-refractivity contribution is -0.139. The molecule has 110 valence electrons. The zero-order valence-electron chi connectivity index (χ0n) is 11.5. The molecule has 6 heteroatoms. The highest BCUT2D eigenvalue weighted by Gasteiger charge is 2.19. The first-order valence-corrected chi connectivity index (χ1v) is 7.83. The molecule has 0 radical (unpaired) electrons. The average molecular weight is 296 g/mol. The van der Waals surface area contributed by atoms with Crippen LogP contribution in [0, 0.1) is 0 Å². The summed E-state index contributed by atoms with van der Waals surface area (Å²) < 4.78 is 0. The topological polar surface area (TPSA) is 78.4 Å². The Hall–Kier alpha value is -1.69. The first-order chi connectivity index (χ1) is 9.63. The molecule has 20 heavy (non-hydrogen) atoms. The maximum atomic E-state index is 11.5. The lowest BCUT2D eigenvalue weighted by Gasteiger charge is -2.15. The number of nitrogens with one attached hydrogen (secondary N) is 2. The first-order valence-electron chi connectivity index (χ1n) is 6.43. The standard InChI is InChI=1S/C14H20N2O3S/c1-20-10-9-15-14(19)16-12(13(17)18)8-7-11-5-3-2-4-6-11/h2-6,12H,7-10H2,1H3,(H,17,18)(H2,15,16,19). The molecule has 2 amide bonds. The first kappa shape index (κ1) is 16.4. The summed E-state index contributed by atoms with van der Waals surface area (Å²) >= 11 is 1.62. The Labute approximate surface area is 123 Å². The number of carbonyl (C=O) groups is 2. The molecule has 0 aromatic heterocycles. The molecule has 1 rings (SSSR count). The SMILES string of the molecule is CSCCNC(=O)NC(CCc1ccccc1)C(=O)O. The van der Waals surface area contributed by atoms with Gasteiger partial charge in [-0.1, -0.05) is 30.3 Å². The van der Waals surface area contributed by atoms with E-state index in [1.54, 1.807) is 11.8 Å². The molecule has 0 fully saturated rings. The molecule has 0 spiro atoms. The number of aryl methyl sites for hydroxylation is 1. The lowest BCUT2D eigenvalue weighted by atomic mass is 10.1. The smallest absolute Gasteiger partial charge is 0.326 e. The van der Waals surface area contributed by atoms with E-state index in [9.17, 15) is 9.59 Å². The highest BCUT2D eigenvalue weighted by molar-refractivity contribution is 7.98. The van der Waals surface area contributed by atoms with E-state index in [2.05, 4.69) is 10.6 Å². The Bertz CT molecular complexity index is 426. The number of rotatable bonds is 8. The number of carboxylic acid groups (broad SMARTS) is 1. The van der Waals surface area contributed by atoms with Crippen molar-refractivity contribution in [1.82, 2.24) is 10.6 Å². The van der Waals surface area contributed by atoms with Gasteiger partial charge in [0.15, 0.2) is 0 Å². The minimum absolute atomic E-state index is 0.370. The van der Waals surface area contributed by atoms with E-state index in [1.165, 1.54) is 0 Å². The van der Waals surface area contributed by atoms with Crippen molar-refractivity contribution in [3.63, 3.8) is 0 Å². The minimum atomic E-state index is -1.01. The number of hydrogen-bond donors (Lipinski definition) is 3. The molecule has 1 atom stereocenters. The Morgan fingerprint density at radius 2 is 2.00 bits per heavy atom. The summed E-state index contributed by atoms with van der Waals surface area (Å²) in [5, 5.41) is 14.2. The second kappa shape index (κ2) is 9.25. The third-order valence-corrected chi connectivity index (χ3v) is 3.37. The van der Waals surface area contributed by atoms with Crippen LogP contribution in [0.25, 0.3) is 0 Å².